The average Bonchev–Trinajstić information content (AvgIpc) is 2.99. The fourth-order valence-corrected chi connectivity index (χ4v) is 4.21. The van der Waals surface area contributed by atoms with Crippen molar-refractivity contribution in [3.63, 3.8) is 0 Å². The lowest BCUT2D eigenvalue weighted by molar-refractivity contribution is -0.145. The number of benzene rings is 2. The molecule has 2 aliphatic rings. The predicted molar refractivity (Wildman–Crippen MR) is 117 cm³/mol. The molecule has 0 radical (unpaired) electrons. The van der Waals surface area contributed by atoms with Gasteiger partial charge in [0.05, 0.1) is 0 Å². The van der Waals surface area contributed by atoms with Crippen molar-refractivity contribution < 1.29 is 23.9 Å². The number of urea groups is 1. The molecule has 1 N–H and O–H groups in total. The number of carbonyl (C=O) groups is 4. The van der Waals surface area contributed by atoms with Crippen molar-refractivity contribution in [3.8, 4) is 11.5 Å². The first-order valence-electron chi connectivity index (χ1n) is 10.8. The number of hydrogen-bond donors (Lipinski definition) is 1. The molecule has 0 bridgehead atoms. The first kappa shape index (κ1) is 21.5. The summed E-state index contributed by atoms with van der Waals surface area (Å²) < 4.78 is 5.71. The Labute approximate surface area is 186 Å². The summed E-state index contributed by atoms with van der Waals surface area (Å²) in [6.45, 7) is 1.47. The van der Waals surface area contributed by atoms with Crippen LogP contribution in [0.2, 0.25) is 0 Å². The molecule has 32 heavy (non-hydrogen) atoms. The van der Waals surface area contributed by atoms with Gasteiger partial charge in [-0.3, -0.25) is 19.3 Å². The van der Waals surface area contributed by atoms with Gasteiger partial charge in [0.2, 0.25) is 5.91 Å². The minimum absolute atomic E-state index is 0.134. The third kappa shape index (κ3) is 4.49. The van der Waals surface area contributed by atoms with Crippen LogP contribution in [0.15, 0.2) is 54.6 Å². The molecule has 2 aromatic rings. The van der Waals surface area contributed by atoms with Crippen molar-refractivity contribution in [3.05, 3.63) is 54.6 Å². The van der Waals surface area contributed by atoms with E-state index >= 15 is 0 Å². The van der Waals surface area contributed by atoms with Crippen LogP contribution in [0.5, 0.6) is 11.5 Å². The number of imide groups is 2. The molecule has 0 aromatic heterocycles. The molecule has 0 spiro atoms. The number of rotatable bonds is 6. The molecule has 8 nitrogen and oxygen atoms in total. The molecule has 2 atom stereocenters. The standard InChI is InChI=1S/C24H25N3O5/c1-16-7-5-6-10-20(16)27-23(30)22(29)26(24(27)31)15-21(28)25-17-11-13-19(14-12-17)32-18-8-3-2-4-9-18/h2-4,8-9,11-14,16,20H,5-7,10,15H2,1H3,(H,25,28)/t16-,20-/m1/s1. The normalized spacial score (nSPS) is 21.1. The molecule has 166 valence electrons. The van der Waals surface area contributed by atoms with Crippen molar-refractivity contribution >= 4 is 29.4 Å². The number of nitrogens with one attached hydrogen (secondary N) is 1. The van der Waals surface area contributed by atoms with Gasteiger partial charge in [-0.25, -0.2) is 9.69 Å². The Morgan fingerprint density at radius 1 is 0.938 bits per heavy atom. The minimum atomic E-state index is -0.950. The Morgan fingerprint density at radius 3 is 2.28 bits per heavy atom. The molecular formula is C24H25N3O5. The summed E-state index contributed by atoms with van der Waals surface area (Å²) in [6, 6.07) is 15.0. The molecule has 8 heteroatoms. The number of nitrogens with zero attached hydrogens (tertiary/aromatic N) is 2. The summed E-state index contributed by atoms with van der Waals surface area (Å²) in [7, 11) is 0. The van der Waals surface area contributed by atoms with Crippen molar-refractivity contribution in [2.24, 2.45) is 5.92 Å². The van der Waals surface area contributed by atoms with Gasteiger partial charge in [0.25, 0.3) is 0 Å². The molecular weight excluding hydrogens is 410 g/mol. The van der Waals surface area contributed by atoms with E-state index in [1.54, 1.807) is 24.3 Å². The maximum absolute atomic E-state index is 12.8. The highest BCUT2D eigenvalue weighted by atomic mass is 16.5. The van der Waals surface area contributed by atoms with Crippen molar-refractivity contribution in [2.75, 3.05) is 11.9 Å². The van der Waals surface area contributed by atoms with Gasteiger partial charge in [0, 0.05) is 11.7 Å². The van der Waals surface area contributed by atoms with E-state index < -0.39 is 30.3 Å². The van der Waals surface area contributed by atoms with Crippen molar-refractivity contribution in [2.45, 2.75) is 38.6 Å². The van der Waals surface area contributed by atoms with Crippen LogP contribution in [-0.2, 0) is 14.4 Å². The second-order valence-corrected chi connectivity index (χ2v) is 8.17. The van der Waals surface area contributed by atoms with Crippen LogP contribution in [0.1, 0.15) is 32.6 Å². The minimum Gasteiger partial charge on any atom is -0.457 e. The Hall–Kier alpha value is -3.68. The van der Waals surface area contributed by atoms with Gasteiger partial charge in [0.15, 0.2) is 0 Å². The SMILES string of the molecule is C[C@@H]1CCCC[C@H]1N1C(=O)C(=O)N(CC(=O)Nc2ccc(Oc3ccccc3)cc2)C1=O. The van der Waals surface area contributed by atoms with Crippen LogP contribution in [0.25, 0.3) is 0 Å². The highest BCUT2D eigenvalue weighted by Gasteiger charge is 2.49. The topological polar surface area (TPSA) is 96.0 Å². The molecule has 1 heterocycles. The largest absolute Gasteiger partial charge is 0.457 e. The summed E-state index contributed by atoms with van der Waals surface area (Å²) in [6.07, 6.45) is 3.54. The van der Waals surface area contributed by atoms with E-state index in [0.29, 0.717) is 23.6 Å². The maximum atomic E-state index is 12.8. The number of carbonyl (C=O) groups excluding carboxylic acids is 4. The van der Waals surface area contributed by atoms with E-state index in [1.165, 1.54) is 0 Å². The molecule has 1 aliphatic heterocycles. The third-order valence-corrected chi connectivity index (χ3v) is 5.90. The predicted octanol–water partition coefficient (Wildman–Crippen LogP) is 3.79. The van der Waals surface area contributed by atoms with E-state index in [0.717, 1.165) is 29.1 Å². The average molecular weight is 435 g/mol. The fourth-order valence-electron chi connectivity index (χ4n) is 4.21. The fraction of sp³-hybridized carbons (Fsp3) is 0.333. The van der Waals surface area contributed by atoms with Gasteiger partial charge in [-0.2, -0.15) is 0 Å². The number of amides is 5. The second kappa shape index (κ2) is 9.21. The molecule has 1 aliphatic carbocycles. The summed E-state index contributed by atoms with van der Waals surface area (Å²) in [5, 5.41) is 2.65. The van der Waals surface area contributed by atoms with Crippen molar-refractivity contribution in [1.82, 2.24) is 9.80 Å². The third-order valence-electron chi connectivity index (χ3n) is 5.90. The van der Waals surface area contributed by atoms with Gasteiger partial charge in [-0.05, 0) is 55.2 Å². The number of anilines is 1. The van der Waals surface area contributed by atoms with Crippen LogP contribution >= 0.6 is 0 Å². The van der Waals surface area contributed by atoms with Crippen molar-refractivity contribution in [1.29, 1.82) is 0 Å². The lowest BCUT2D eigenvalue weighted by Crippen LogP contribution is -2.46. The quantitative estimate of drug-likeness (QED) is 0.550. The second-order valence-electron chi connectivity index (χ2n) is 8.17. The van der Waals surface area contributed by atoms with E-state index in [1.807, 2.05) is 37.3 Å². The number of hydrogen-bond acceptors (Lipinski definition) is 5. The lowest BCUT2D eigenvalue weighted by atomic mass is 9.85. The molecule has 2 fully saturated rings. The van der Waals surface area contributed by atoms with Gasteiger partial charge >= 0.3 is 17.8 Å². The van der Waals surface area contributed by atoms with Crippen LogP contribution < -0.4 is 10.1 Å². The molecule has 4 rings (SSSR count). The van der Waals surface area contributed by atoms with Gasteiger partial charge in [-0.1, -0.05) is 38.0 Å². The molecule has 0 unspecified atom stereocenters. The summed E-state index contributed by atoms with van der Waals surface area (Å²) in [4.78, 5) is 51.9. The molecule has 1 saturated carbocycles. The van der Waals surface area contributed by atoms with E-state index in [-0.39, 0.29) is 12.0 Å². The molecule has 2 aromatic carbocycles. The summed E-state index contributed by atoms with van der Waals surface area (Å²) >= 11 is 0. The zero-order valence-electron chi connectivity index (χ0n) is 17.8. The lowest BCUT2D eigenvalue weighted by Gasteiger charge is -2.34. The van der Waals surface area contributed by atoms with E-state index in [4.69, 9.17) is 4.74 Å². The van der Waals surface area contributed by atoms with Crippen LogP contribution in [-0.4, -0.2) is 46.1 Å². The van der Waals surface area contributed by atoms with Crippen LogP contribution in [0.3, 0.4) is 0 Å². The number of ether oxygens (including phenoxy) is 1. The monoisotopic (exact) mass is 435 g/mol. The first-order chi connectivity index (χ1) is 15.4. The van der Waals surface area contributed by atoms with Gasteiger partial charge < -0.3 is 10.1 Å². The Bertz CT molecular complexity index is 1020. The Morgan fingerprint density at radius 2 is 1.59 bits per heavy atom. The smallest absolute Gasteiger partial charge is 0.334 e. The van der Waals surface area contributed by atoms with Crippen LogP contribution in [0, 0.1) is 5.92 Å². The highest BCUT2D eigenvalue weighted by Crippen LogP contribution is 2.31. The maximum Gasteiger partial charge on any atom is 0.334 e. The zero-order valence-corrected chi connectivity index (χ0v) is 17.8. The first-order valence-corrected chi connectivity index (χ1v) is 10.8. The summed E-state index contributed by atoms with van der Waals surface area (Å²) in [5.41, 5.74) is 0.485. The highest BCUT2D eigenvalue weighted by molar-refractivity contribution is 6.45. The van der Waals surface area contributed by atoms with Gasteiger partial charge in [0.1, 0.15) is 18.0 Å². The van der Waals surface area contributed by atoms with Crippen LogP contribution in [0.4, 0.5) is 10.5 Å². The Balaban J connectivity index is 1.36. The zero-order chi connectivity index (χ0) is 22.7. The van der Waals surface area contributed by atoms with Gasteiger partial charge in [-0.15, -0.1) is 0 Å². The molecule has 1 saturated heterocycles. The Kier molecular flexibility index (Phi) is 6.20. The summed E-state index contributed by atoms with van der Waals surface area (Å²) in [5.74, 6) is -0.929. The molecule has 5 amide bonds. The number of para-hydroxylation sites is 1. The van der Waals surface area contributed by atoms with E-state index in [2.05, 4.69) is 5.32 Å². The van der Waals surface area contributed by atoms with E-state index in [9.17, 15) is 19.2 Å².